The lowest BCUT2D eigenvalue weighted by atomic mass is 10.0. The van der Waals surface area contributed by atoms with Gasteiger partial charge in [0.15, 0.2) is 0 Å². The lowest BCUT2D eigenvalue weighted by Crippen LogP contribution is -2.45. The summed E-state index contributed by atoms with van der Waals surface area (Å²) >= 11 is 0. The van der Waals surface area contributed by atoms with E-state index in [1.54, 1.807) is 0 Å². The molecule has 102 valence electrons. The zero-order chi connectivity index (χ0) is 14.0. The minimum atomic E-state index is -0.358. The number of fused-ring (bicyclic) bond motifs is 1. The molecule has 2 aromatic rings. The summed E-state index contributed by atoms with van der Waals surface area (Å²) in [6.07, 6.45) is 0. The molecule has 1 aromatic carbocycles. The number of primary amides is 1. The minimum Gasteiger partial charge on any atom is -0.459 e. The van der Waals surface area contributed by atoms with Crippen molar-refractivity contribution in [3.63, 3.8) is 0 Å². The van der Waals surface area contributed by atoms with Gasteiger partial charge in [-0.15, -0.1) is 0 Å². The standard InChI is InChI=1S/C15H20N2O2/c1-9(2)14(15(16)18)17-10(3)13-8-11-6-4-5-7-12(11)19-13/h4-10,14,17H,1-3H3,(H2,16,18). The molecule has 2 unspecified atom stereocenters. The average molecular weight is 260 g/mol. The van der Waals surface area contributed by atoms with Crippen molar-refractivity contribution >= 4 is 16.9 Å². The van der Waals surface area contributed by atoms with Gasteiger partial charge in [0, 0.05) is 5.39 Å². The molecule has 1 amide bonds. The SMILES string of the molecule is CC(NC(C(N)=O)C(C)C)c1cc2ccccc2o1. The lowest BCUT2D eigenvalue weighted by Gasteiger charge is -2.22. The molecule has 4 nitrogen and oxygen atoms in total. The minimum absolute atomic E-state index is 0.0627. The Balaban J connectivity index is 2.19. The van der Waals surface area contributed by atoms with Gasteiger partial charge in [-0.3, -0.25) is 10.1 Å². The zero-order valence-electron chi connectivity index (χ0n) is 11.5. The van der Waals surface area contributed by atoms with Gasteiger partial charge in [-0.05, 0) is 25.0 Å². The highest BCUT2D eigenvalue weighted by molar-refractivity contribution is 5.80. The Morgan fingerprint density at radius 1 is 1.26 bits per heavy atom. The Morgan fingerprint density at radius 2 is 1.95 bits per heavy atom. The van der Waals surface area contributed by atoms with Crippen molar-refractivity contribution in [1.82, 2.24) is 5.32 Å². The number of para-hydroxylation sites is 1. The maximum atomic E-state index is 11.4. The van der Waals surface area contributed by atoms with Crippen molar-refractivity contribution in [2.24, 2.45) is 11.7 Å². The van der Waals surface area contributed by atoms with Crippen LogP contribution in [0.25, 0.3) is 11.0 Å². The first-order valence-electron chi connectivity index (χ1n) is 6.53. The van der Waals surface area contributed by atoms with Gasteiger partial charge < -0.3 is 10.2 Å². The number of furan rings is 1. The first-order valence-corrected chi connectivity index (χ1v) is 6.53. The fourth-order valence-electron chi connectivity index (χ4n) is 2.17. The molecule has 0 saturated carbocycles. The van der Waals surface area contributed by atoms with E-state index >= 15 is 0 Å². The van der Waals surface area contributed by atoms with E-state index < -0.39 is 0 Å². The highest BCUT2D eigenvalue weighted by atomic mass is 16.3. The number of nitrogens with two attached hydrogens (primary N) is 1. The summed E-state index contributed by atoms with van der Waals surface area (Å²) in [5, 5.41) is 4.29. The van der Waals surface area contributed by atoms with Gasteiger partial charge in [0.1, 0.15) is 11.3 Å². The maximum absolute atomic E-state index is 11.4. The molecule has 1 aromatic heterocycles. The largest absolute Gasteiger partial charge is 0.459 e. The molecule has 2 rings (SSSR count). The molecule has 2 atom stereocenters. The van der Waals surface area contributed by atoms with Crippen molar-refractivity contribution < 1.29 is 9.21 Å². The molecule has 0 spiro atoms. The molecule has 0 aliphatic carbocycles. The number of carbonyl (C=O) groups is 1. The van der Waals surface area contributed by atoms with E-state index in [9.17, 15) is 4.79 Å². The Kier molecular flexibility index (Phi) is 3.90. The normalized spacial score (nSPS) is 14.7. The van der Waals surface area contributed by atoms with Crippen LogP contribution < -0.4 is 11.1 Å². The average Bonchev–Trinajstić information content (AvgIpc) is 2.78. The number of hydrogen-bond acceptors (Lipinski definition) is 3. The molecule has 4 heteroatoms. The van der Waals surface area contributed by atoms with Crippen molar-refractivity contribution in [1.29, 1.82) is 0 Å². The molecule has 0 aliphatic heterocycles. The van der Waals surface area contributed by atoms with Gasteiger partial charge in [0.2, 0.25) is 5.91 Å². The van der Waals surface area contributed by atoms with Crippen LogP contribution in [0.3, 0.4) is 0 Å². The number of nitrogens with one attached hydrogen (secondary N) is 1. The zero-order valence-corrected chi connectivity index (χ0v) is 11.5. The summed E-state index contributed by atoms with van der Waals surface area (Å²) in [7, 11) is 0. The van der Waals surface area contributed by atoms with Crippen LogP contribution >= 0.6 is 0 Å². The van der Waals surface area contributed by atoms with Gasteiger partial charge in [0.25, 0.3) is 0 Å². The van der Waals surface area contributed by atoms with Gasteiger partial charge in [0.05, 0.1) is 12.1 Å². The molecular weight excluding hydrogens is 240 g/mol. The molecule has 19 heavy (non-hydrogen) atoms. The van der Waals surface area contributed by atoms with Crippen LogP contribution in [0.15, 0.2) is 34.7 Å². The van der Waals surface area contributed by atoms with E-state index in [4.69, 9.17) is 10.2 Å². The molecule has 3 N–H and O–H groups in total. The monoisotopic (exact) mass is 260 g/mol. The summed E-state index contributed by atoms with van der Waals surface area (Å²) in [6.45, 7) is 5.90. The first-order chi connectivity index (χ1) is 8.99. The molecule has 0 aliphatic rings. The predicted octanol–water partition coefficient (Wildman–Crippen LogP) is 2.59. The summed E-state index contributed by atoms with van der Waals surface area (Å²) in [4.78, 5) is 11.4. The molecular formula is C15H20N2O2. The molecule has 0 saturated heterocycles. The van der Waals surface area contributed by atoms with Crippen LogP contribution in [-0.4, -0.2) is 11.9 Å². The van der Waals surface area contributed by atoms with Crippen LogP contribution in [0, 0.1) is 5.92 Å². The molecule has 0 radical (unpaired) electrons. The number of amides is 1. The molecule has 1 heterocycles. The van der Waals surface area contributed by atoms with Crippen molar-refractivity contribution in [2.75, 3.05) is 0 Å². The van der Waals surface area contributed by atoms with E-state index in [0.717, 1.165) is 16.7 Å². The third kappa shape index (κ3) is 2.96. The van der Waals surface area contributed by atoms with E-state index in [0.29, 0.717) is 0 Å². The number of carbonyl (C=O) groups excluding carboxylic acids is 1. The Bertz CT molecular complexity index is 541. The van der Waals surface area contributed by atoms with E-state index in [1.807, 2.05) is 51.1 Å². The number of hydrogen-bond donors (Lipinski definition) is 2. The van der Waals surface area contributed by atoms with E-state index in [2.05, 4.69) is 5.32 Å². The second-order valence-electron chi connectivity index (χ2n) is 5.20. The summed E-state index contributed by atoms with van der Waals surface area (Å²) in [6, 6.07) is 9.41. The fourth-order valence-corrected chi connectivity index (χ4v) is 2.17. The lowest BCUT2D eigenvalue weighted by molar-refractivity contribution is -0.121. The number of rotatable bonds is 5. The molecule has 0 bridgehead atoms. The van der Waals surface area contributed by atoms with Crippen molar-refractivity contribution in [3.05, 3.63) is 36.1 Å². The highest BCUT2D eigenvalue weighted by Crippen LogP contribution is 2.24. The molecule has 0 fully saturated rings. The third-order valence-electron chi connectivity index (χ3n) is 3.27. The quantitative estimate of drug-likeness (QED) is 0.868. The second-order valence-corrected chi connectivity index (χ2v) is 5.20. The van der Waals surface area contributed by atoms with Gasteiger partial charge in [-0.2, -0.15) is 0 Å². The second kappa shape index (κ2) is 5.45. The van der Waals surface area contributed by atoms with Gasteiger partial charge >= 0.3 is 0 Å². The van der Waals surface area contributed by atoms with Crippen LogP contribution in [0.4, 0.5) is 0 Å². The summed E-state index contributed by atoms with van der Waals surface area (Å²) in [5.74, 6) is 0.621. The van der Waals surface area contributed by atoms with E-state index in [-0.39, 0.29) is 23.9 Å². The highest BCUT2D eigenvalue weighted by Gasteiger charge is 2.23. The topological polar surface area (TPSA) is 68.3 Å². The predicted molar refractivity (Wildman–Crippen MR) is 75.6 cm³/mol. The summed E-state index contributed by atoms with van der Waals surface area (Å²) < 4.78 is 5.78. The Labute approximate surface area is 113 Å². The van der Waals surface area contributed by atoms with Gasteiger partial charge in [-0.25, -0.2) is 0 Å². The van der Waals surface area contributed by atoms with Crippen LogP contribution in [0.5, 0.6) is 0 Å². The maximum Gasteiger partial charge on any atom is 0.234 e. The first kappa shape index (κ1) is 13.6. The third-order valence-corrected chi connectivity index (χ3v) is 3.27. The van der Waals surface area contributed by atoms with Crippen molar-refractivity contribution in [3.8, 4) is 0 Å². The number of benzene rings is 1. The van der Waals surface area contributed by atoms with Crippen LogP contribution in [0.1, 0.15) is 32.6 Å². The Morgan fingerprint density at radius 3 is 2.53 bits per heavy atom. The van der Waals surface area contributed by atoms with Crippen LogP contribution in [0.2, 0.25) is 0 Å². The van der Waals surface area contributed by atoms with E-state index in [1.165, 1.54) is 0 Å². The van der Waals surface area contributed by atoms with Crippen LogP contribution in [-0.2, 0) is 4.79 Å². The smallest absolute Gasteiger partial charge is 0.234 e. The van der Waals surface area contributed by atoms with Crippen molar-refractivity contribution in [2.45, 2.75) is 32.9 Å². The van der Waals surface area contributed by atoms with Gasteiger partial charge in [-0.1, -0.05) is 32.0 Å². The summed E-state index contributed by atoms with van der Waals surface area (Å²) in [5.41, 5.74) is 6.26. The Hall–Kier alpha value is -1.81. The fraction of sp³-hybridized carbons (Fsp3) is 0.400.